The molecule has 1 aromatic carbocycles. The highest BCUT2D eigenvalue weighted by Gasteiger charge is 2.47. The molecule has 3 heterocycles. The lowest BCUT2D eigenvalue weighted by atomic mass is 9.83. The Morgan fingerprint density at radius 3 is 2.48 bits per heavy atom. The first-order chi connectivity index (χ1) is 19.4. The Bertz CT molecular complexity index is 1040. The number of unbranched alkanes of at least 4 members (excludes halogenated alkanes) is 2. The van der Waals surface area contributed by atoms with E-state index < -0.39 is 11.9 Å². The summed E-state index contributed by atoms with van der Waals surface area (Å²) in [6.07, 6.45) is 6.56. The number of likely N-dealkylation sites (tertiary alicyclic amines) is 2. The van der Waals surface area contributed by atoms with Gasteiger partial charge in [-0.2, -0.15) is 0 Å². The van der Waals surface area contributed by atoms with E-state index in [9.17, 15) is 24.6 Å². The SMILES string of the molecule is CCCCN(CCCC)C(=O)CN1C[C@H](c2cc(CO)c3c(c2)OCO3)[C@@H](C(=O)O)[C@@H]1CCCN1CCCC1=O. The summed E-state index contributed by atoms with van der Waals surface area (Å²) in [7, 11) is 0. The third-order valence-corrected chi connectivity index (χ3v) is 8.56. The molecule has 3 atom stereocenters. The van der Waals surface area contributed by atoms with Crippen LogP contribution in [0.4, 0.5) is 0 Å². The van der Waals surface area contributed by atoms with Gasteiger partial charge in [0.1, 0.15) is 0 Å². The van der Waals surface area contributed by atoms with E-state index in [1.807, 2.05) is 26.8 Å². The summed E-state index contributed by atoms with van der Waals surface area (Å²) < 4.78 is 11.1. The molecule has 1 aromatic rings. The second-order valence-electron chi connectivity index (χ2n) is 11.3. The fourth-order valence-corrected chi connectivity index (χ4v) is 6.39. The van der Waals surface area contributed by atoms with E-state index in [0.29, 0.717) is 62.5 Å². The van der Waals surface area contributed by atoms with Gasteiger partial charge in [-0.3, -0.25) is 19.3 Å². The van der Waals surface area contributed by atoms with Crippen molar-refractivity contribution in [1.29, 1.82) is 0 Å². The van der Waals surface area contributed by atoms with Crippen molar-refractivity contribution >= 4 is 17.8 Å². The minimum Gasteiger partial charge on any atom is -0.481 e. The summed E-state index contributed by atoms with van der Waals surface area (Å²) in [5.41, 5.74) is 1.34. The van der Waals surface area contributed by atoms with Crippen LogP contribution in [0.2, 0.25) is 0 Å². The van der Waals surface area contributed by atoms with Crippen molar-refractivity contribution in [3.63, 3.8) is 0 Å². The van der Waals surface area contributed by atoms with Crippen molar-refractivity contribution in [3.05, 3.63) is 23.3 Å². The van der Waals surface area contributed by atoms with Gasteiger partial charge in [0.25, 0.3) is 0 Å². The van der Waals surface area contributed by atoms with Gasteiger partial charge in [-0.25, -0.2) is 0 Å². The van der Waals surface area contributed by atoms with Crippen molar-refractivity contribution in [2.24, 2.45) is 5.92 Å². The number of amides is 2. The molecular weight excluding hydrogens is 514 g/mol. The number of rotatable bonds is 15. The van der Waals surface area contributed by atoms with Crippen LogP contribution in [0.5, 0.6) is 11.5 Å². The molecule has 2 amide bonds. The molecule has 3 aliphatic heterocycles. The first-order valence-corrected chi connectivity index (χ1v) is 14.9. The number of aliphatic carboxylic acids is 1. The lowest BCUT2D eigenvalue weighted by molar-refractivity contribution is -0.144. The molecule has 0 saturated carbocycles. The summed E-state index contributed by atoms with van der Waals surface area (Å²) >= 11 is 0. The minimum atomic E-state index is -0.903. The van der Waals surface area contributed by atoms with Gasteiger partial charge in [-0.1, -0.05) is 26.7 Å². The zero-order valence-corrected chi connectivity index (χ0v) is 24.0. The molecule has 3 aliphatic rings. The maximum absolute atomic E-state index is 13.6. The summed E-state index contributed by atoms with van der Waals surface area (Å²) in [5, 5.41) is 20.5. The van der Waals surface area contributed by atoms with Crippen molar-refractivity contribution < 1.29 is 34.1 Å². The van der Waals surface area contributed by atoms with E-state index >= 15 is 0 Å². The molecule has 0 aromatic heterocycles. The first-order valence-electron chi connectivity index (χ1n) is 14.9. The largest absolute Gasteiger partial charge is 0.481 e. The predicted octanol–water partition coefficient (Wildman–Crippen LogP) is 3.21. The van der Waals surface area contributed by atoms with Crippen LogP contribution < -0.4 is 9.47 Å². The van der Waals surface area contributed by atoms with E-state index in [2.05, 4.69) is 13.8 Å². The normalized spacial score (nSPS) is 22.3. The Balaban J connectivity index is 1.59. The second-order valence-corrected chi connectivity index (χ2v) is 11.3. The van der Waals surface area contributed by atoms with E-state index in [1.165, 1.54) is 0 Å². The Kier molecular flexibility index (Phi) is 10.7. The van der Waals surface area contributed by atoms with Crippen LogP contribution in [-0.4, -0.2) is 94.8 Å². The Morgan fingerprint density at radius 1 is 1.10 bits per heavy atom. The highest BCUT2D eigenvalue weighted by molar-refractivity contribution is 5.79. The molecule has 10 heteroatoms. The molecule has 2 N–H and O–H groups in total. The summed E-state index contributed by atoms with van der Waals surface area (Å²) in [6, 6.07) is 3.28. The van der Waals surface area contributed by atoms with Crippen molar-refractivity contribution in [3.8, 4) is 11.5 Å². The molecule has 4 rings (SSSR count). The van der Waals surface area contributed by atoms with Gasteiger partial charge in [0, 0.05) is 56.7 Å². The Morgan fingerprint density at radius 2 is 1.85 bits per heavy atom. The Labute approximate surface area is 237 Å². The number of ether oxygens (including phenoxy) is 2. The fraction of sp³-hybridized carbons (Fsp3) is 0.700. The summed E-state index contributed by atoms with van der Waals surface area (Å²) in [6.45, 7) is 7.38. The fourth-order valence-electron chi connectivity index (χ4n) is 6.39. The molecule has 40 heavy (non-hydrogen) atoms. The number of hydrogen-bond donors (Lipinski definition) is 2. The van der Waals surface area contributed by atoms with Crippen molar-refractivity contribution in [2.75, 3.05) is 46.1 Å². The first kappa shape index (κ1) is 30.1. The van der Waals surface area contributed by atoms with Crippen LogP contribution in [0.25, 0.3) is 0 Å². The van der Waals surface area contributed by atoms with Gasteiger partial charge in [-0.15, -0.1) is 0 Å². The van der Waals surface area contributed by atoms with Gasteiger partial charge in [0.15, 0.2) is 11.5 Å². The topological polar surface area (TPSA) is 120 Å². The molecular formula is C30H45N3O7. The van der Waals surface area contributed by atoms with Crippen molar-refractivity contribution in [1.82, 2.24) is 14.7 Å². The molecule has 2 saturated heterocycles. The van der Waals surface area contributed by atoms with E-state index in [1.54, 1.807) is 0 Å². The monoisotopic (exact) mass is 559 g/mol. The van der Waals surface area contributed by atoms with Crippen LogP contribution in [-0.2, 0) is 21.0 Å². The van der Waals surface area contributed by atoms with Gasteiger partial charge in [0.2, 0.25) is 18.6 Å². The van der Waals surface area contributed by atoms with Crippen molar-refractivity contribution in [2.45, 2.75) is 83.8 Å². The van der Waals surface area contributed by atoms with Crippen LogP contribution in [0.3, 0.4) is 0 Å². The molecule has 10 nitrogen and oxygen atoms in total. The third kappa shape index (κ3) is 6.89. The average Bonchev–Trinajstić information content (AvgIpc) is 3.67. The molecule has 0 spiro atoms. The molecule has 222 valence electrons. The zero-order valence-electron chi connectivity index (χ0n) is 24.0. The quantitative estimate of drug-likeness (QED) is 0.336. The van der Waals surface area contributed by atoms with Gasteiger partial charge >= 0.3 is 5.97 Å². The zero-order chi connectivity index (χ0) is 28.6. The number of aliphatic hydroxyl groups excluding tert-OH is 1. The Hall–Kier alpha value is -2.85. The predicted molar refractivity (Wildman–Crippen MR) is 149 cm³/mol. The second kappa shape index (κ2) is 14.2. The molecule has 0 aliphatic carbocycles. The standard InChI is InChI=1S/C30H45N3O7/c1-3-5-11-32(12-6-4-2)27(36)18-33-17-23(21-15-22(19-34)29-25(16-21)39-20-40-29)28(30(37)38)24(33)9-7-13-31-14-8-10-26(31)35/h15-16,23-24,28,34H,3-14,17-20H2,1-2H3,(H,37,38)/t23-,24+,28-/m1/s1. The maximum Gasteiger partial charge on any atom is 0.308 e. The van der Waals surface area contributed by atoms with E-state index in [0.717, 1.165) is 44.2 Å². The average molecular weight is 560 g/mol. The summed E-state index contributed by atoms with van der Waals surface area (Å²) in [5.74, 6) is -0.832. The molecule has 0 bridgehead atoms. The van der Waals surface area contributed by atoms with E-state index in [4.69, 9.17) is 9.47 Å². The molecule has 0 radical (unpaired) electrons. The van der Waals surface area contributed by atoms with Crippen LogP contribution in [0.15, 0.2) is 12.1 Å². The number of nitrogens with zero attached hydrogens (tertiary/aromatic N) is 3. The number of carboxylic acid groups (broad SMARTS) is 1. The smallest absolute Gasteiger partial charge is 0.308 e. The van der Waals surface area contributed by atoms with Crippen LogP contribution >= 0.6 is 0 Å². The van der Waals surface area contributed by atoms with Crippen LogP contribution in [0.1, 0.15) is 82.3 Å². The number of hydrogen-bond acceptors (Lipinski definition) is 7. The number of carbonyl (C=O) groups is 3. The minimum absolute atomic E-state index is 0.0353. The highest BCUT2D eigenvalue weighted by Crippen LogP contribution is 2.44. The number of benzene rings is 1. The number of fused-ring (bicyclic) bond motifs is 1. The number of carbonyl (C=O) groups excluding carboxylic acids is 2. The lowest BCUT2D eigenvalue weighted by Crippen LogP contribution is -2.45. The van der Waals surface area contributed by atoms with Gasteiger partial charge < -0.3 is 29.5 Å². The van der Waals surface area contributed by atoms with Gasteiger partial charge in [0.05, 0.1) is 19.1 Å². The lowest BCUT2D eigenvalue weighted by Gasteiger charge is -2.30. The molecule has 2 fully saturated rings. The van der Waals surface area contributed by atoms with Gasteiger partial charge in [-0.05, 0) is 49.8 Å². The summed E-state index contributed by atoms with van der Waals surface area (Å²) in [4.78, 5) is 44.4. The number of aliphatic hydroxyl groups is 1. The number of carboxylic acids is 1. The highest BCUT2D eigenvalue weighted by atomic mass is 16.7. The molecule has 0 unspecified atom stereocenters. The third-order valence-electron chi connectivity index (χ3n) is 8.56. The maximum atomic E-state index is 13.6. The van der Waals surface area contributed by atoms with E-state index in [-0.39, 0.29) is 43.7 Å². The van der Waals surface area contributed by atoms with Crippen LogP contribution in [0, 0.1) is 5.92 Å².